The van der Waals surface area contributed by atoms with Crippen LogP contribution in [0.25, 0.3) is 44.6 Å². The smallest absolute Gasteiger partial charge is 0.179 e. The number of fused-ring (bicyclic) bond motifs is 2. The van der Waals surface area contributed by atoms with E-state index < -0.39 is 0 Å². The van der Waals surface area contributed by atoms with Gasteiger partial charge in [0, 0.05) is 16.3 Å². The second-order valence-electron chi connectivity index (χ2n) is 6.67. The van der Waals surface area contributed by atoms with E-state index in [1.54, 1.807) is 0 Å². The molecular formula is C24H17N3. The van der Waals surface area contributed by atoms with Gasteiger partial charge in [-0.1, -0.05) is 66.2 Å². The molecule has 2 heterocycles. The van der Waals surface area contributed by atoms with Crippen LogP contribution in [0.15, 0.2) is 84.9 Å². The van der Waals surface area contributed by atoms with Crippen molar-refractivity contribution in [3.05, 3.63) is 90.5 Å². The van der Waals surface area contributed by atoms with Crippen LogP contribution in [0.5, 0.6) is 0 Å². The molecule has 0 spiro atoms. The van der Waals surface area contributed by atoms with Crippen molar-refractivity contribution in [2.24, 2.45) is 0 Å². The highest BCUT2D eigenvalue weighted by atomic mass is 14.9. The van der Waals surface area contributed by atoms with Gasteiger partial charge in [0.1, 0.15) is 5.69 Å². The van der Waals surface area contributed by atoms with Crippen molar-refractivity contribution in [2.75, 3.05) is 0 Å². The number of hydrogen-bond donors (Lipinski definition) is 0. The molecule has 3 nitrogen and oxygen atoms in total. The predicted molar refractivity (Wildman–Crippen MR) is 110 cm³/mol. The van der Waals surface area contributed by atoms with Gasteiger partial charge in [-0.2, -0.15) is 0 Å². The van der Waals surface area contributed by atoms with Crippen molar-refractivity contribution < 1.29 is 0 Å². The van der Waals surface area contributed by atoms with E-state index in [4.69, 9.17) is 15.0 Å². The lowest BCUT2D eigenvalue weighted by Crippen LogP contribution is -1.97. The Morgan fingerprint density at radius 3 is 2.33 bits per heavy atom. The zero-order valence-electron chi connectivity index (χ0n) is 14.9. The summed E-state index contributed by atoms with van der Waals surface area (Å²) in [7, 11) is 0. The molecule has 0 aliphatic carbocycles. The maximum atomic E-state index is 4.92. The van der Waals surface area contributed by atoms with E-state index in [1.807, 2.05) is 42.5 Å². The molecule has 3 heteroatoms. The van der Waals surface area contributed by atoms with Crippen molar-refractivity contribution >= 4 is 21.8 Å². The first-order chi connectivity index (χ1) is 13.3. The van der Waals surface area contributed by atoms with Crippen LogP contribution in [-0.2, 0) is 0 Å². The normalized spacial score (nSPS) is 11.1. The number of rotatable bonds is 2. The van der Waals surface area contributed by atoms with Crippen LogP contribution >= 0.6 is 0 Å². The van der Waals surface area contributed by atoms with Crippen molar-refractivity contribution in [2.45, 2.75) is 6.92 Å². The first-order valence-corrected chi connectivity index (χ1v) is 8.98. The molecule has 0 atom stereocenters. The van der Waals surface area contributed by atoms with E-state index in [2.05, 4.69) is 49.4 Å². The van der Waals surface area contributed by atoms with E-state index in [0.717, 1.165) is 38.8 Å². The molecule has 0 unspecified atom stereocenters. The van der Waals surface area contributed by atoms with E-state index >= 15 is 0 Å². The van der Waals surface area contributed by atoms with Gasteiger partial charge in [-0.25, -0.2) is 15.0 Å². The monoisotopic (exact) mass is 347 g/mol. The SMILES string of the molecule is Cc1ccc2nc(-c3ccc4ccccc4n3)nc(-c3ccccc3)c2c1. The average Bonchev–Trinajstić information content (AvgIpc) is 2.73. The number of aromatic nitrogens is 3. The van der Waals surface area contributed by atoms with Crippen molar-refractivity contribution in [1.82, 2.24) is 15.0 Å². The molecule has 0 aliphatic heterocycles. The van der Waals surface area contributed by atoms with Crippen LogP contribution in [0.2, 0.25) is 0 Å². The third kappa shape index (κ3) is 2.83. The topological polar surface area (TPSA) is 38.7 Å². The van der Waals surface area contributed by atoms with Gasteiger partial charge in [-0.15, -0.1) is 0 Å². The third-order valence-electron chi connectivity index (χ3n) is 4.73. The van der Waals surface area contributed by atoms with E-state index in [0.29, 0.717) is 5.82 Å². The maximum Gasteiger partial charge on any atom is 0.179 e. The van der Waals surface area contributed by atoms with Gasteiger partial charge in [0.25, 0.3) is 0 Å². The summed E-state index contributed by atoms with van der Waals surface area (Å²) < 4.78 is 0. The summed E-state index contributed by atoms with van der Waals surface area (Å²) in [6.07, 6.45) is 0. The summed E-state index contributed by atoms with van der Waals surface area (Å²) in [5, 5.41) is 2.17. The highest BCUT2D eigenvalue weighted by molar-refractivity contribution is 5.94. The summed E-state index contributed by atoms with van der Waals surface area (Å²) in [5.74, 6) is 0.649. The quantitative estimate of drug-likeness (QED) is 0.404. The van der Waals surface area contributed by atoms with E-state index in [1.165, 1.54) is 5.56 Å². The van der Waals surface area contributed by atoms with E-state index in [9.17, 15) is 0 Å². The van der Waals surface area contributed by atoms with Crippen LogP contribution in [0.4, 0.5) is 0 Å². The first-order valence-electron chi connectivity index (χ1n) is 8.98. The fourth-order valence-corrected chi connectivity index (χ4v) is 3.36. The highest BCUT2D eigenvalue weighted by Gasteiger charge is 2.12. The molecule has 27 heavy (non-hydrogen) atoms. The van der Waals surface area contributed by atoms with Gasteiger partial charge in [0.05, 0.1) is 16.7 Å². The van der Waals surface area contributed by atoms with Crippen molar-refractivity contribution in [3.8, 4) is 22.8 Å². The number of para-hydroxylation sites is 1. The fourth-order valence-electron chi connectivity index (χ4n) is 3.36. The Hall–Kier alpha value is -3.59. The molecule has 0 saturated heterocycles. The Labute approximate surface area is 157 Å². The summed E-state index contributed by atoms with van der Waals surface area (Å²) in [4.78, 5) is 14.5. The zero-order chi connectivity index (χ0) is 18.2. The van der Waals surface area contributed by atoms with Crippen LogP contribution in [0.1, 0.15) is 5.56 Å². The lowest BCUT2D eigenvalue weighted by atomic mass is 10.0. The minimum Gasteiger partial charge on any atom is -0.244 e. The minimum absolute atomic E-state index is 0.649. The number of pyridine rings is 1. The molecule has 0 radical (unpaired) electrons. The molecule has 3 aromatic carbocycles. The van der Waals surface area contributed by atoms with Gasteiger partial charge in [0.2, 0.25) is 0 Å². The number of aryl methyl sites for hydroxylation is 1. The lowest BCUT2D eigenvalue weighted by Gasteiger charge is -2.10. The van der Waals surface area contributed by atoms with Crippen LogP contribution in [0.3, 0.4) is 0 Å². The largest absolute Gasteiger partial charge is 0.244 e. The minimum atomic E-state index is 0.649. The number of hydrogen-bond acceptors (Lipinski definition) is 3. The second-order valence-corrected chi connectivity index (χ2v) is 6.67. The van der Waals surface area contributed by atoms with Crippen LogP contribution in [0, 0.1) is 6.92 Å². The molecule has 0 amide bonds. The Balaban J connectivity index is 1.78. The summed E-state index contributed by atoms with van der Waals surface area (Å²) in [6.45, 7) is 2.09. The summed E-state index contributed by atoms with van der Waals surface area (Å²) in [5.41, 5.74) is 5.88. The van der Waals surface area contributed by atoms with Crippen molar-refractivity contribution in [1.29, 1.82) is 0 Å². The molecule has 0 N–H and O–H groups in total. The number of nitrogens with zero attached hydrogens (tertiary/aromatic N) is 3. The Bertz CT molecular complexity index is 1280. The molecule has 0 bridgehead atoms. The Morgan fingerprint density at radius 2 is 1.44 bits per heavy atom. The Kier molecular flexibility index (Phi) is 3.65. The van der Waals surface area contributed by atoms with Gasteiger partial charge in [0.15, 0.2) is 5.82 Å². The highest BCUT2D eigenvalue weighted by Crippen LogP contribution is 2.29. The van der Waals surface area contributed by atoms with Gasteiger partial charge in [-0.3, -0.25) is 0 Å². The van der Waals surface area contributed by atoms with Crippen LogP contribution < -0.4 is 0 Å². The number of benzene rings is 3. The molecule has 2 aromatic heterocycles. The van der Waals surface area contributed by atoms with Gasteiger partial charge >= 0.3 is 0 Å². The zero-order valence-corrected chi connectivity index (χ0v) is 14.9. The standard InChI is InChI=1S/C24H17N3/c1-16-11-13-21-19(15-16)23(18-8-3-2-4-9-18)27-24(26-21)22-14-12-17-7-5-6-10-20(17)25-22/h2-15H,1H3. The second kappa shape index (κ2) is 6.29. The molecule has 0 aliphatic rings. The molecular weight excluding hydrogens is 330 g/mol. The van der Waals surface area contributed by atoms with E-state index in [-0.39, 0.29) is 0 Å². The summed E-state index contributed by atoms with van der Waals surface area (Å²) in [6, 6.07) is 28.7. The third-order valence-corrected chi connectivity index (χ3v) is 4.73. The van der Waals surface area contributed by atoms with Crippen LogP contribution in [-0.4, -0.2) is 15.0 Å². The van der Waals surface area contributed by atoms with Gasteiger partial charge < -0.3 is 0 Å². The molecule has 0 fully saturated rings. The van der Waals surface area contributed by atoms with Crippen molar-refractivity contribution in [3.63, 3.8) is 0 Å². The maximum absolute atomic E-state index is 4.92. The first kappa shape index (κ1) is 15.6. The molecule has 5 rings (SSSR count). The van der Waals surface area contributed by atoms with Gasteiger partial charge in [-0.05, 0) is 31.2 Å². The average molecular weight is 347 g/mol. The Morgan fingerprint density at radius 1 is 0.630 bits per heavy atom. The molecule has 5 aromatic rings. The predicted octanol–water partition coefficient (Wildman–Crippen LogP) is 5.82. The molecule has 128 valence electrons. The summed E-state index contributed by atoms with van der Waals surface area (Å²) >= 11 is 0. The fraction of sp³-hybridized carbons (Fsp3) is 0.0417. The molecule has 0 saturated carbocycles. The lowest BCUT2D eigenvalue weighted by molar-refractivity contribution is 1.19.